The van der Waals surface area contributed by atoms with Gasteiger partial charge in [0.1, 0.15) is 0 Å². The highest BCUT2D eigenvalue weighted by atomic mass is 16.2. The van der Waals surface area contributed by atoms with Gasteiger partial charge in [0.15, 0.2) is 0 Å². The van der Waals surface area contributed by atoms with E-state index in [2.05, 4.69) is 25.7 Å². The van der Waals surface area contributed by atoms with Crippen LogP contribution in [0.2, 0.25) is 0 Å². The lowest BCUT2D eigenvalue weighted by Crippen LogP contribution is -2.65. The van der Waals surface area contributed by atoms with Crippen LogP contribution >= 0.6 is 0 Å². The van der Waals surface area contributed by atoms with Crippen LogP contribution in [0.25, 0.3) is 0 Å². The standard InChI is InChI=1S/C12H21NO/c1-11(2,3)9-10(14)13-8-7-12(13)5-4-6-12/h4-9H2,1-3H3. The lowest BCUT2D eigenvalue weighted by molar-refractivity contribution is -0.157. The van der Waals surface area contributed by atoms with Crippen molar-refractivity contribution in [3.8, 4) is 0 Å². The van der Waals surface area contributed by atoms with Crippen molar-refractivity contribution >= 4 is 5.91 Å². The van der Waals surface area contributed by atoms with Crippen molar-refractivity contribution in [2.24, 2.45) is 5.41 Å². The minimum absolute atomic E-state index is 0.137. The van der Waals surface area contributed by atoms with E-state index in [4.69, 9.17) is 0 Å². The Morgan fingerprint density at radius 1 is 1.29 bits per heavy atom. The molecule has 0 radical (unpaired) electrons. The van der Waals surface area contributed by atoms with Gasteiger partial charge in [-0.3, -0.25) is 4.79 Å². The predicted octanol–water partition coefficient (Wildman–Crippen LogP) is 2.58. The zero-order valence-electron chi connectivity index (χ0n) is 9.60. The first-order chi connectivity index (χ1) is 6.43. The molecule has 2 heteroatoms. The van der Waals surface area contributed by atoms with Crippen molar-refractivity contribution < 1.29 is 4.79 Å². The van der Waals surface area contributed by atoms with Crippen LogP contribution in [-0.4, -0.2) is 22.9 Å². The Balaban J connectivity index is 1.93. The third-order valence-electron chi connectivity index (χ3n) is 3.64. The number of carbonyl (C=O) groups excluding carboxylic acids is 1. The van der Waals surface area contributed by atoms with E-state index in [1.165, 1.54) is 25.7 Å². The Morgan fingerprint density at radius 2 is 1.93 bits per heavy atom. The number of hydrogen-bond donors (Lipinski definition) is 0. The Morgan fingerprint density at radius 3 is 2.21 bits per heavy atom. The van der Waals surface area contributed by atoms with E-state index in [1.807, 2.05) is 0 Å². The van der Waals surface area contributed by atoms with Crippen LogP contribution in [0.4, 0.5) is 0 Å². The van der Waals surface area contributed by atoms with Crippen molar-refractivity contribution in [3.63, 3.8) is 0 Å². The fourth-order valence-corrected chi connectivity index (χ4v) is 2.58. The van der Waals surface area contributed by atoms with Gasteiger partial charge in [-0.15, -0.1) is 0 Å². The number of nitrogens with zero attached hydrogens (tertiary/aromatic N) is 1. The van der Waals surface area contributed by atoms with Gasteiger partial charge in [0.2, 0.25) is 5.91 Å². The maximum absolute atomic E-state index is 12.0. The van der Waals surface area contributed by atoms with Gasteiger partial charge in [-0.05, 0) is 31.1 Å². The Bertz CT molecular complexity index is 242. The van der Waals surface area contributed by atoms with Gasteiger partial charge in [0.05, 0.1) is 0 Å². The van der Waals surface area contributed by atoms with E-state index in [-0.39, 0.29) is 5.41 Å². The SMILES string of the molecule is CC(C)(C)CC(=O)N1CCC12CCC2. The molecule has 0 bridgehead atoms. The molecule has 0 atom stereocenters. The molecular formula is C12H21NO. The number of likely N-dealkylation sites (tertiary alicyclic amines) is 1. The molecule has 0 unspecified atom stereocenters. The first-order valence-electron chi connectivity index (χ1n) is 5.74. The fourth-order valence-electron chi connectivity index (χ4n) is 2.58. The molecule has 0 aromatic heterocycles. The molecular weight excluding hydrogens is 174 g/mol. The summed E-state index contributed by atoms with van der Waals surface area (Å²) in [4.78, 5) is 14.1. The van der Waals surface area contributed by atoms with E-state index in [0.29, 0.717) is 17.9 Å². The van der Waals surface area contributed by atoms with Gasteiger partial charge in [0.25, 0.3) is 0 Å². The molecule has 2 fully saturated rings. The molecule has 80 valence electrons. The van der Waals surface area contributed by atoms with Crippen molar-refractivity contribution in [1.82, 2.24) is 4.90 Å². The summed E-state index contributed by atoms with van der Waals surface area (Å²) in [6.07, 6.45) is 5.78. The normalized spacial score (nSPS) is 24.4. The van der Waals surface area contributed by atoms with Crippen molar-refractivity contribution in [2.45, 2.75) is 58.4 Å². The molecule has 0 N–H and O–H groups in total. The van der Waals surface area contributed by atoms with Crippen LogP contribution in [0.1, 0.15) is 52.9 Å². The summed E-state index contributed by atoms with van der Waals surface area (Å²) in [6.45, 7) is 7.42. The quantitative estimate of drug-likeness (QED) is 0.629. The van der Waals surface area contributed by atoms with Crippen LogP contribution < -0.4 is 0 Å². The lowest BCUT2D eigenvalue weighted by Gasteiger charge is -2.59. The van der Waals surface area contributed by atoms with E-state index in [9.17, 15) is 4.79 Å². The minimum Gasteiger partial charge on any atom is -0.337 e. The average molecular weight is 195 g/mol. The van der Waals surface area contributed by atoms with E-state index < -0.39 is 0 Å². The topological polar surface area (TPSA) is 20.3 Å². The van der Waals surface area contributed by atoms with Crippen LogP contribution in [0, 0.1) is 5.41 Å². The second kappa shape index (κ2) is 2.98. The third kappa shape index (κ3) is 1.55. The zero-order chi connectivity index (χ0) is 10.4. The maximum Gasteiger partial charge on any atom is 0.223 e. The van der Waals surface area contributed by atoms with Crippen LogP contribution in [-0.2, 0) is 4.79 Å². The number of carbonyl (C=O) groups is 1. The van der Waals surface area contributed by atoms with Gasteiger partial charge in [-0.2, -0.15) is 0 Å². The molecule has 0 aromatic carbocycles. The smallest absolute Gasteiger partial charge is 0.223 e. The molecule has 1 spiro atoms. The molecule has 2 nitrogen and oxygen atoms in total. The number of amides is 1. The summed E-state index contributed by atoms with van der Waals surface area (Å²) in [5.41, 5.74) is 0.472. The fraction of sp³-hybridized carbons (Fsp3) is 0.917. The van der Waals surface area contributed by atoms with Crippen molar-refractivity contribution in [3.05, 3.63) is 0 Å². The third-order valence-corrected chi connectivity index (χ3v) is 3.64. The lowest BCUT2D eigenvalue weighted by atomic mass is 9.67. The van der Waals surface area contributed by atoms with Crippen molar-refractivity contribution in [1.29, 1.82) is 0 Å². The van der Waals surface area contributed by atoms with Gasteiger partial charge in [0, 0.05) is 18.5 Å². The van der Waals surface area contributed by atoms with E-state index in [1.54, 1.807) is 0 Å². The highest BCUT2D eigenvalue weighted by molar-refractivity contribution is 5.78. The summed E-state index contributed by atoms with van der Waals surface area (Å²) < 4.78 is 0. The Hall–Kier alpha value is -0.530. The van der Waals surface area contributed by atoms with Crippen LogP contribution in [0.15, 0.2) is 0 Å². The second-order valence-corrected chi connectivity index (χ2v) is 6.11. The van der Waals surface area contributed by atoms with Crippen LogP contribution in [0.5, 0.6) is 0 Å². The molecule has 2 rings (SSSR count). The van der Waals surface area contributed by atoms with Gasteiger partial charge < -0.3 is 4.90 Å². The molecule has 1 aliphatic carbocycles. The average Bonchev–Trinajstić information content (AvgIpc) is 1.73. The second-order valence-electron chi connectivity index (χ2n) is 6.11. The Kier molecular flexibility index (Phi) is 2.13. The highest BCUT2D eigenvalue weighted by Crippen LogP contribution is 2.47. The Labute approximate surface area is 86.7 Å². The molecule has 1 aliphatic heterocycles. The summed E-state index contributed by atoms with van der Waals surface area (Å²) in [6, 6.07) is 0. The largest absolute Gasteiger partial charge is 0.337 e. The molecule has 2 aliphatic rings. The molecule has 1 heterocycles. The molecule has 1 amide bonds. The predicted molar refractivity (Wildman–Crippen MR) is 57.0 cm³/mol. The zero-order valence-corrected chi connectivity index (χ0v) is 9.60. The molecule has 1 saturated carbocycles. The van der Waals surface area contributed by atoms with E-state index in [0.717, 1.165) is 6.54 Å². The van der Waals surface area contributed by atoms with Gasteiger partial charge in [-0.1, -0.05) is 20.8 Å². The summed E-state index contributed by atoms with van der Waals surface area (Å²) in [7, 11) is 0. The monoisotopic (exact) mass is 195 g/mol. The van der Waals surface area contributed by atoms with Gasteiger partial charge >= 0.3 is 0 Å². The van der Waals surface area contributed by atoms with Crippen molar-refractivity contribution in [2.75, 3.05) is 6.54 Å². The first-order valence-corrected chi connectivity index (χ1v) is 5.74. The van der Waals surface area contributed by atoms with Crippen LogP contribution in [0.3, 0.4) is 0 Å². The first kappa shape index (κ1) is 10.0. The molecule has 14 heavy (non-hydrogen) atoms. The maximum atomic E-state index is 12.0. The van der Waals surface area contributed by atoms with E-state index >= 15 is 0 Å². The molecule has 0 aromatic rings. The summed E-state index contributed by atoms with van der Waals surface area (Å²) in [5, 5.41) is 0. The number of hydrogen-bond acceptors (Lipinski definition) is 1. The van der Waals surface area contributed by atoms with Gasteiger partial charge in [-0.25, -0.2) is 0 Å². The summed E-state index contributed by atoms with van der Waals surface area (Å²) >= 11 is 0. The highest BCUT2D eigenvalue weighted by Gasteiger charge is 2.51. The summed E-state index contributed by atoms with van der Waals surface area (Å²) in [5.74, 6) is 0.378. The number of rotatable bonds is 1. The minimum atomic E-state index is 0.137. The molecule has 1 saturated heterocycles.